The third-order valence-electron chi connectivity index (χ3n) is 3.60. The molecule has 0 aromatic heterocycles. The number of phenols is 1. The van der Waals surface area contributed by atoms with Gasteiger partial charge >= 0.3 is 0 Å². The first kappa shape index (κ1) is 17.0. The molecule has 0 bridgehead atoms. The summed E-state index contributed by atoms with van der Waals surface area (Å²) >= 11 is 3.41. The van der Waals surface area contributed by atoms with Crippen LogP contribution in [0.4, 0.5) is 0 Å². The van der Waals surface area contributed by atoms with Crippen LogP contribution >= 0.6 is 15.9 Å². The molecule has 0 spiro atoms. The second-order valence-electron chi connectivity index (χ2n) is 4.86. The van der Waals surface area contributed by atoms with Crippen LogP contribution in [0.25, 0.3) is 0 Å². The number of halogens is 1. The number of hydrogen-bond acceptors (Lipinski definition) is 3. The summed E-state index contributed by atoms with van der Waals surface area (Å²) in [5, 5.41) is 9.95. The number of benzene rings is 1. The minimum Gasteiger partial charge on any atom is -0.508 e. The number of phenolic OH excluding ortho intramolecular Hbond substituents is 1. The maximum atomic E-state index is 12.1. The number of amides is 1. The SMILES string of the molecule is CCN(CC)C(=O)CN(C)C(C)c1cc(Br)ccc1O. The Balaban J connectivity index is 2.79. The molecule has 4 nitrogen and oxygen atoms in total. The number of nitrogens with zero attached hydrogens (tertiary/aromatic N) is 2. The van der Waals surface area contributed by atoms with Gasteiger partial charge in [-0.2, -0.15) is 0 Å². The minimum absolute atomic E-state index is 0.0352. The zero-order chi connectivity index (χ0) is 15.3. The molecule has 1 amide bonds. The Labute approximate surface area is 129 Å². The molecule has 1 aromatic carbocycles. The summed E-state index contributed by atoms with van der Waals surface area (Å²) < 4.78 is 0.917. The summed E-state index contributed by atoms with van der Waals surface area (Å²) in [6, 6.07) is 5.31. The lowest BCUT2D eigenvalue weighted by Gasteiger charge is -2.28. The summed E-state index contributed by atoms with van der Waals surface area (Å²) in [7, 11) is 1.90. The van der Waals surface area contributed by atoms with Crippen molar-refractivity contribution in [3.8, 4) is 5.75 Å². The van der Waals surface area contributed by atoms with Gasteiger partial charge in [0.05, 0.1) is 6.54 Å². The molecule has 5 heteroatoms. The fourth-order valence-corrected chi connectivity index (χ4v) is 2.50. The second kappa shape index (κ2) is 7.64. The summed E-state index contributed by atoms with van der Waals surface area (Å²) in [5.41, 5.74) is 0.814. The number of hydrogen-bond donors (Lipinski definition) is 1. The number of rotatable bonds is 6. The molecule has 112 valence electrons. The lowest BCUT2D eigenvalue weighted by molar-refractivity contribution is -0.132. The molecule has 0 saturated heterocycles. The molecular formula is C15H23BrN2O2. The van der Waals surface area contributed by atoms with Gasteiger partial charge in [-0.05, 0) is 46.0 Å². The van der Waals surface area contributed by atoms with Crippen molar-refractivity contribution in [3.63, 3.8) is 0 Å². The normalized spacial score (nSPS) is 12.5. The van der Waals surface area contributed by atoms with Crippen LogP contribution in [-0.4, -0.2) is 47.5 Å². The number of aromatic hydroxyl groups is 1. The van der Waals surface area contributed by atoms with E-state index in [-0.39, 0.29) is 17.7 Å². The standard InChI is InChI=1S/C15H23BrN2O2/c1-5-18(6-2)15(20)10-17(4)11(3)13-9-12(16)7-8-14(13)19/h7-9,11,19H,5-6,10H2,1-4H3. The van der Waals surface area contributed by atoms with Crippen molar-refractivity contribution in [2.24, 2.45) is 0 Å². The molecule has 1 N–H and O–H groups in total. The van der Waals surface area contributed by atoms with Crippen molar-refractivity contribution in [2.45, 2.75) is 26.8 Å². The summed E-state index contributed by atoms with van der Waals surface area (Å²) in [5.74, 6) is 0.363. The molecule has 0 saturated carbocycles. The second-order valence-corrected chi connectivity index (χ2v) is 5.78. The van der Waals surface area contributed by atoms with E-state index in [9.17, 15) is 9.90 Å². The highest BCUT2D eigenvalue weighted by molar-refractivity contribution is 9.10. The molecule has 1 atom stereocenters. The van der Waals surface area contributed by atoms with Crippen molar-refractivity contribution in [1.82, 2.24) is 9.80 Å². The topological polar surface area (TPSA) is 43.8 Å². The largest absolute Gasteiger partial charge is 0.508 e. The maximum Gasteiger partial charge on any atom is 0.236 e. The van der Waals surface area contributed by atoms with Crippen LogP contribution in [0.5, 0.6) is 5.75 Å². The van der Waals surface area contributed by atoms with E-state index in [0.717, 1.165) is 23.1 Å². The van der Waals surface area contributed by atoms with E-state index < -0.39 is 0 Å². The van der Waals surface area contributed by atoms with Gasteiger partial charge in [0.2, 0.25) is 5.91 Å². The molecule has 1 aromatic rings. The smallest absolute Gasteiger partial charge is 0.236 e. The van der Waals surface area contributed by atoms with Crippen molar-refractivity contribution in [3.05, 3.63) is 28.2 Å². The molecule has 1 rings (SSSR count). The highest BCUT2D eigenvalue weighted by Crippen LogP contribution is 2.30. The molecule has 0 aliphatic carbocycles. The monoisotopic (exact) mass is 342 g/mol. The van der Waals surface area contributed by atoms with Crippen molar-refractivity contribution in [1.29, 1.82) is 0 Å². The first-order valence-electron chi connectivity index (χ1n) is 6.87. The molecule has 0 aliphatic heterocycles. The van der Waals surface area contributed by atoms with Crippen molar-refractivity contribution >= 4 is 21.8 Å². The third-order valence-corrected chi connectivity index (χ3v) is 4.09. The first-order chi connectivity index (χ1) is 9.40. The summed E-state index contributed by atoms with van der Waals surface area (Å²) in [6.07, 6.45) is 0. The predicted molar refractivity (Wildman–Crippen MR) is 84.8 cm³/mol. The zero-order valence-corrected chi connectivity index (χ0v) is 14.1. The van der Waals surface area contributed by atoms with E-state index in [1.165, 1.54) is 0 Å². The highest BCUT2D eigenvalue weighted by Gasteiger charge is 2.19. The molecular weight excluding hydrogens is 320 g/mol. The Bertz CT molecular complexity index is 461. The van der Waals surface area contributed by atoms with Crippen molar-refractivity contribution in [2.75, 3.05) is 26.7 Å². The number of carbonyl (C=O) groups is 1. The Morgan fingerprint density at radius 3 is 2.50 bits per heavy atom. The van der Waals surface area contributed by atoms with Gasteiger partial charge in [-0.15, -0.1) is 0 Å². The van der Waals surface area contributed by atoms with Crippen molar-refractivity contribution < 1.29 is 9.90 Å². The lowest BCUT2D eigenvalue weighted by atomic mass is 10.1. The van der Waals surface area contributed by atoms with Crippen LogP contribution in [0.2, 0.25) is 0 Å². The van der Waals surface area contributed by atoms with Crippen LogP contribution in [0.3, 0.4) is 0 Å². The first-order valence-corrected chi connectivity index (χ1v) is 7.66. The van der Waals surface area contributed by atoms with E-state index in [1.54, 1.807) is 12.1 Å². The Morgan fingerprint density at radius 1 is 1.35 bits per heavy atom. The molecule has 0 radical (unpaired) electrons. The molecule has 0 aliphatic rings. The number of likely N-dealkylation sites (N-methyl/N-ethyl adjacent to an activating group) is 2. The van der Waals surface area contributed by atoms with E-state index >= 15 is 0 Å². The lowest BCUT2D eigenvalue weighted by Crippen LogP contribution is -2.39. The predicted octanol–water partition coefficient (Wildman–Crippen LogP) is 3.02. The Morgan fingerprint density at radius 2 is 1.95 bits per heavy atom. The van der Waals surface area contributed by atoms with Crippen LogP contribution in [-0.2, 0) is 4.79 Å². The summed E-state index contributed by atoms with van der Waals surface area (Å²) in [6.45, 7) is 7.72. The van der Waals surface area contributed by atoms with E-state index in [0.29, 0.717) is 6.54 Å². The average molecular weight is 343 g/mol. The molecule has 20 heavy (non-hydrogen) atoms. The molecule has 0 heterocycles. The minimum atomic E-state index is -0.0352. The zero-order valence-electron chi connectivity index (χ0n) is 12.6. The Kier molecular flexibility index (Phi) is 6.49. The van der Waals surface area contributed by atoms with Crippen LogP contribution in [0.15, 0.2) is 22.7 Å². The van der Waals surface area contributed by atoms with Gasteiger partial charge in [-0.1, -0.05) is 15.9 Å². The third kappa shape index (κ3) is 4.21. The van der Waals surface area contributed by atoms with Crippen LogP contribution in [0, 0.1) is 0 Å². The fourth-order valence-electron chi connectivity index (χ4n) is 2.12. The molecule has 1 unspecified atom stereocenters. The maximum absolute atomic E-state index is 12.1. The quantitative estimate of drug-likeness (QED) is 0.864. The van der Waals surface area contributed by atoms with Gasteiger partial charge < -0.3 is 10.0 Å². The van der Waals surface area contributed by atoms with Gasteiger partial charge in [0.25, 0.3) is 0 Å². The van der Waals surface area contributed by atoms with E-state index in [2.05, 4.69) is 15.9 Å². The Hall–Kier alpha value is -1.07. The highest BCUT2D eigenvalue weighted by atomic mass is 79.9. The van der Waals surface area contributed by atoms with E-state index in [1.807, 2.05) is 43.7 Å². The molecule has 0 fully saturated rings. The van der Waals surface area contributed by atoms with Crippen LogP contribution in [0.1, 0.15) is 32.4 Å². The van der Waals surface area contributed by atoms with Crippen LogP contribution < -0.4 is 0 Å². The average Bonchev–Trinajstić information content (AvgIpc) is 2.42. The number of carbonyl (C=O) groups excluding carboxylic acids is 1. The van der Waals surface area contributed by atoms with Gasteiger partial charge in [0.1, 0.15) is 5.75 Å². The van der Waals surface area contributed by atoms with Gasteiger partial charge in [0, 0.05) is 29.2 Å². The van der Waals surface area contributed by atoms with Gasteiger partial charge in [-0.3, -0.25) is 9.69 Å². The van der Waals surface area contributed by atoms with Gasteiger partial charge in [0.15, 0.2) is 0 Å². The van der Waals surface area contributed by atoms with Gasteiger partial charge in [-0.25, -0.2) is 0 Å². The van der Waals surface area contributed by atoms with E-state index in [4.69, 9.17) is 0 Å². The summed E-state index contributed by atoms with van der Waals surface area (Å²) in [4.78, 5) is 15.9. The fraction of sp³-hybridized carbons (Fsp3) is 0.533.